The highest BCUT2D eigenvalue weighted by atomic mass is 16.5. The molecular formula is C24H26N4O3. The number of ether oxygens (including phenoxy) is 1. The van der Waals surface area contributed by atoms with E-state index in [0.717, 1.165) is 29.7 Å². The van der Waals surface area contributed by atoms with Crippen LogP contribution in [-0.2, 0) is 11.4 Å². The summed E-state index contributed by atoms with van der Waals surface area (Å²) in [5.41, 5.74) is 3.54. The minimum Gasteiger partial charge on any atom is -0.487 e. The highest BCUT2D eigenvalue weighted by molar-refractivity contribution is 5.94. The first kappa shape index (κ1) is 19.6. The molecule has 160 valence electrons. The topological polar surface area (TPSA) is 67.2 Å². The number of piperazine rings is 1. The predicted octanol–water partition coefficient (Wildman–Crippen LogP) is 2.92. The van der Waals surface area contributed by atoms with Crippen LogP contribution in [0.25, 0.3) is 5.65 Å². The van der Waals surface area contributed by atoms with Crippen LogP contribution >= 0.6 is 0 Å². The molecule has 7 nitrogen and oxygen atoms in total. The molecule has 0 bridgehead atoms. The first-order valence-electron chi connectivity index (χ1n) is 10.8. The fourth-order valence-corrected chi connectivity index (χ4v) is 4.03. The van der Waals surface area contributed by atoms with E-state index in [0.29, 0.717) is 44.1 Å². The van der Waals surface area contributed by atoms with Gasteiger partial charge in [-0.2, -0.15) is 0 Å². The minimum absolute atomic E-state index is 0.000831. The van der Waals surface area contributed by atoms with Crippen molar-refractivity contribution in [3.8, 4) is 5.75 Å². The number of benzene rings is 1. The molecule has 7 heteroatoms. The number of fused-ring (bicyclic) bond motifs is 1. The zero-order valence-corrected chi connectivity index (χ0v) is 17.7. The van der Waals surface area contributed by atoms with Crippen molar-refractivity contribution in [1.82, 2.24) is 19.2 Å². The van der Waals surface area contributed by atoms with Gasteiger partial charge >= 0.3 is 0 Å². The van der Waals surface area contributed by atoms with Crippen LogP contribution in [0.2, 0.25) is 0 Å². The van der Waals surface area contributed by atoms with Crippen molar-refractivity contribution in [2.45, 2.75) is 26.4 Å². The number of amides is 2. The van der Waals surface area contributed by atoms with Crippen molar-refractivity contribution in [2.24, 2.45) is 5.92 Å². The quantitative estimate of drug-likeness (QED) is 0.639. The molecule has 2 amide bonds. The van der Waals surface area contributed by atoms with Gasteiger partial charge in [0.2, 0.25) is 5.91 Å². The van der Waals surface area contributed by atoms with E-state index in [1.54, 1.807) is 12.1 Å². The largest absolute Gasteiger partial charge is 0.487 e. The Morgan fingerprint density at radius 2 is 1.74 bits per heavy atom. The van der Waals surface area contributed by atoms with Gasteiger partial charge in [0.25, 0.3) is 5.91 Å². The molecule has 0 unspecified atom stereocenters. The van der Waals surface area contributed by atoms with Gasteiger partial charge in [-0.15, -0.1) is 0 Å². The number of hydrogen-bond donors (Lipinski definition) is 0. The lowest BCUT2D eigenvalue weighted by atomic mass is 10.1. The standard InChI is InChI=1S/C24H26N4O3/c1-17-3-2-10-28-15-20(25-22(17)28)16-31-21-8-6-19(7-9-21)24(30)27-13-11-26(12-14-27)23(29)18-4-5-18/h2-3,6-10,15,18H,4-5,11-14,16H2,1H3. The average molecular weight is 418 g/mol. The summed E-state index contributed by atoms with van der Waals surface area (Å²) in [6.45, 7) is 4.83. The lowest BCUT2D eigenvalue weighted by Crippen LogP contribution is -2.51. The Morgan fingerprint density at radius 1 is 1.03 bits per heavy atom. The van der Waals surface area contributed by atoms with Gasteiger partial charge in [-0.3, -0.25) is 9.59 Å². The Morgan fingerprint density at radius 3 is 2.42 bits per heavy atom. The Balaban J connectivity index is 1.16. The van der Waals surface area contributed by atoms with Crippen LogP contribution in [0.3, 0.4) is 0 Å². The van der Waals surface area contributed by atoms with Gasteiger partial charge in [0.1, 0.15) is 18.0 Å². The van der Waals surface area contributed by atoms with E-state index in [1.165, 1.54) is 0 Å². The average Bonchev–Trinajstić information content (AvgIpc) is 3.57. The number of carbonyl (C=O) groups is 2. The third kappa shape index (κ3) is 4.13. The van der Waals surface area contributed by atoms with E-state index in [9.17, 15) is 9.59 Å². The van der Waals surface area contributed by atoms with Gasteiger partial charge in [-0.1, -0.05) is 6.07 Å². The molecule has 1 aliphatic heterocycles. The molecule has 2 aliphatic rings. The molecule has 0 radical (unpaired) electrons. The SMILES string of the molecule is Cc1cccn2cc(COc3ccc(C(=O)N4CCN(C(=O)C5CC5)CC4)cc3)nc12. The maximum Gasteiger partial charge on any atom is 0.253 e. The van der Waals surface area contributed by atoms with E-state index in [4.69, 9.17) is 4.74 Å². The second kappa shape index (κ2) is 8.06. The summed E-state index contributed by atoms with van der Waals surface area (Å²) in [5, 5.41) is 0. The summed E-state index contributed by atoms with van der Waals surface area (Å²) in [6.07, 6.45) is 5.97. The first-order chi connectivity index (χ1) is 15.1. The molecule has 1 saturated heterocycles. The van der Waals surface area contributed by atoms with Crippen LogP contribution < -0.4 is 4.74 Å². The highest BCUT2D eigenvalue weighted by Crippen LogP contribution is 2.31. The van der Waals surface area contributed by atoms with Crippen molar-refractivity contribution in [3.05, 3.63) is 65.6 Å². The lowest BCUT2D eigenvalue weighted by molar-refractivity contribution is -0.134. The number of aryl methyl sites for hydroxylation is 1. The molecule has 5 rings (SSSR count). The fraction of sp³-hybridized carbons (Fsp3) is 0.375. The van der Waals surface area contributed by atoms with E-state index in [2.05, 4.69) is 4.98 Å². The molecule has 1 saturated carbocycles. The van der Waals surface area contributed by atoms with Crippen LogP contribution in [0.4, 0.5) is 0 Å². The van der Waals surface area contributed by atoms with E-state index in [1.807, 2.05) is 57.8 Å². The van der Waals surface area contributed by atoms with Crippen molar-refractivity contribution < 1.29 is 14.3 Å². The van der Waals surface area contributed by atoms with Crippen LogP contribution in [0, 0.1) is 12.8 Å². The summed E-state index contributed by atoms with van der Waals surface area (Å²) in [5.74, 6) is 1.19. The van der Waals surface area contributed by atoms with Gasteiger partial charge in [0.15, 0.2) is 0 Å². The van der Waals surface area contributed by atoms with Gasteiger partial charge in [0.05, 0.1) is 5.69 Å². The van der Waals surface area contributed by atoms with Crippen molar-refractivity contribution in [1.29, 1.82) is 0 Å². The minimum atomic E-state index is 0.000831. The molecular weight excluding hydrogens is 392 g/mol. The smallest absolute Gasteiger partial charge is 0.253 e. The summed E-state index contributed by atoms with van der Waals surface area (Å²) in [6, 6.07) is 11.3. The van der Waals surface area contributed by atoms with Crippen LogP contribution in [0.5, 0.6) is 5.75 Å². The van der Waals surface area contributed by atoms with Crippen LogP contribution in [0.15, 0.2) is 48.8 Å². The zero-order valence-electron chi connectivity index (χ0n) is 17.7. The maximum absolute atomic E-state index is 12.8. The highest BCUT2D eigenvalue weighted by Gasteiger charge is 2.35. The number of hydrogen-bond acceptors (Lipinski definition) is 4. The fourth-order valence-electron chi connectivity index (χ4n) is 4.03. The monoisotopic (exact) mass is 418 g/mol. The van der Waals surface area contributed by atoms with Gasteiger partial charge in [0, 0.05) is 50.1 Å². The van der Waals surface area contributed by atoms with Crippen molar-refractivity contribution in [3.63, 3.8) is 0 Å². The second-order valence-electron chi connectivity index (χ2n) is 8.36. The molecule has 0 N–H and O–H groups in total. The third-order valence-corrected chi connectivity index (χ3v) is 6.02. The summed E-state index contributed by atoms with van der Waals surface area (Å²) in [4.78, 5) is 33.3. The number of pyridine rings is 1. The predicted molar refractivity (Wildman–Crippen MR) is 116 cm³/mol. The molecule has 1 aliphatic carbocycles. The molecule has 3 heterocycles. The third-order valence-electron chi connectivity index (χ3n) is 6.02. The Hall–Kier alpha value is -3.35. The number of aromatic nitrogens is 2. The number of rotatable bonds is 5. The molecule has 1 aromatic carbocycles. The van der Waals surface area contributed by atoms with E-state index in [-0.39, 0.29) is 17.7 Å². The molecule has 3 aromatic rings. The van der Waals surface area contributed by atoms with Gasteiger partial charge < -0.3 is 18.9 Å². The molecule has 2 aromatic heterocycles. The number of nitrogens with zero attached hydrogens (tertiary/aromatic N) is 4. The van der Waals surface area contributed by atoms with E-state index < -0.39 is 0 Å². The molecule has 0 atom stereocenters. The van der Waals surface area contributed by atoms with Gasteiger partial charge in [-0.25, -0.2) is 4.98 Å². The zero-order chi connectivity index (χ0) is 21.4. The Labute approximate surface area is 181 Å². The van der Waals surface area contributed by atoms with Crippen LogP contribution in [0.1, 0.15) is 34.5 Å². The number of imidazole rings is 1. The van der Waals surface area contributed by atoms with E-state index >= 15 is 0 Å². The summed E-state index contributed by atoms with van der Waals surface area (Å²) in [7, 11) is 0. The molecule has 31 heavy (non-hydrogen) atoms. The molecule has 0 spiro atoms. The Kier molecular flexibility index (Phi) is 5.10. The lowest BCUT2D eigenvalue weighted by Gasteiger charge is -2.35. The second-order valence-corrected chi connectivity index (χ2v) is 8.36. The maximum atomic E-state index is 12.8. The summed E-state index contributed by atoms with van der Waals surface area (Å²) < 4.78 is 7.86. The number of carbonyl (C=O) groups excluding carboxylic acids is 2. The van der Waals surface area contributed by atoms with Crippen molar-refractivity contribution in [2.75, 3.05) is 26.2 Å². The van der Waals surface area contributed by atoms with Gasteiger partial charge in [-0.05, 0) is 55.7 Å². The van der Waals surface area contributed by atoms with Crippen LogP contribution in [-0.4, -0.2) is 57.2 Å². The van der Waals surface area contributed by atoms with Crippen molar-refractivity contribution >= 4 is 17.5 Å². The molecule has 2 fully saturated rings. The first-order valence-corrected chi connectivity index (χ1v) is 10.8. The normalized spacial score (nSPS) is 16.5. The summed E-state index contributed by atoms with van der Waals surface area (Å²) >= 11 is 0. The Bertz CT molecular complexity index is 1110.